The van der Waals surface area contributed by atoms with Crippen LogP contribution in [0.5, 0.6) is 5.75 Å². The SMILES string of the molecule is COc1cccc(Cn2c(SCC(=O)Nc3ccc(C)cc3)nc3ccsc3c2=O)c1. The molecule has 158 valence electrons. The summed E-state index contributed by atoms with van der Waals surface area (Å²) in [4.78, 5) is 30.2. The molecule has 0 saturated heterocycles. The minimum Gasteiger partial charge on any atom is -0.497 e. The van der Waals surface area contributed by atoms with Crippen LogP contribution in [-0.2, 0) is 11.3 Å². The summed E-state index contributed by atoms with van der Waals surface area (Å²) >= 11 is 2.63. The van der Waals surface area contributed by atoms with Gasteiger partial charge in [-0.05, 0) is 48.2 Å². The molecule has 2 aromatic carbocycles. The topological polar surface area (TPSA) is 73.2 Å². The molecule has 0 aliphatic heterocycles. The highest BCUT2D eigenvalue weighted by molar-refractivity contribution is 7.99. The Bertz CT molecular complexity index is 1280. The number of methoxy groups -OCH3 is 1. The predicted molar refractivity (Wildman–Crippen MR) is 127 cm³/mol. The highest BCUT2D eigenvalue weighted by atomic mass is 32.2. The van der Waals surface area contributed by atoms with Gasteiger partial charge in [-0.15, -0.1) is 11.3 Å². The Morgan fingerprint density at radius 3 is 2.77 bits per heavy atom. The van der Waals surface area contributed by atoms with Gasteiger partial charge in [-0.25, -0.2) is 4.98 Å². The van der Waals surface area contributed by atoms with Crippen LogP contribution >= 0.6 is 23.1 Å². The van der Waals surface area contributed by atoms with Crippen molar-refractivity contribution in [3.63, 3.8) is 0 Å². The fourth-order valence-corrected chi connectivity index (χ4v) is 4.67. The number of amides is 1. The number of fused-ring (bicyclic) bond motifs is 1. The van der Waals surface area contributed by atoms with E-state index in [0.29, 0.717) is 21.9 Å². The molecule has 0 unspecified atom stereocenters. The van der Waals surface area contributed by atoms with Crippen molar-refractivity contribution in [2.75, 3.05) is 18.2 Å². The van der Waals surface area contributed by atoms with Gasteiger partial charge in [0.2, 0.25) is 5.91 Å². The molecule has 31 heavy (non-hydrogen) atoms. The number of anilines is 1. The first-order valence-corrected chi connectivity index (χ1v) is 11.5. The van der Waals surface area contributed by atoms with Crippen LogP contribution in [-0.4, -0.2) is 28.3 Å². The summed E-state index contributed by atoms with van der Waals surface area (Å²) in [6.07, 6.45) is 0. The average molecular weight is 452 g/mol. The van der Waals surface area contributed by atoms with E-state index in [9.17, 15) is 9.59 Å². The summed E-state index contributed by atoms with van der Waals surface area (Å²) in [6, 6.07) is 17.0. The normalized spacial score (nSPS) is 10.9. The molecule has 4 aromatic rings. The van der Waals surface area contributed by atoms with Gasteiger partial charge >= 0.3 is 0 Å². The van der Waals surface area contributed by atoms with Crippen molar-refractivity contribution in [2.24, 2.45) is 0 Å². The zero-order chi connectivity index (χ0) is 21.8. The maximum Gasteiger partial charge on any atom is 0.272 e. The van der Waals surface area contributed by atoms with Gasteiger partial charge in [0, 0.05) is 5.69 Å². The number of carbonyl (C=O) groups is 1. The Labute approximate surface area is 187 Å². The second-order valence-corrected chi connectivity index (χ2v) is 8.83. The standard InChI is InChI=1S/C23H21N3O3S2/c1-15-6-8-17(9-7-15)24-20(27)14-31-23-25-19-10-11-30-21(19)22(28)26(23)13-16-4-3-5-18(12-16)29-2/h3-12H,13-14H2,1-2H3,(H,24,27). The van der Waals surface area contributed by atoms with Gasteiger partial charge < -0.3 is 10.1 Å². The first-order chi connectivity index (χ1) is 15.0. The molecule has 2 heterocycles. The van der Waals surface area contributed by atoms with Gasteiger partial charge in [0.15, 0.2) is 5.16 Å². The summed E-state index contributed by atoms with van der Waals surface area (Å²) < 4.78 is 7.52. The van der Waals surface area contributed by atoms with Crippen molar-refractivity contribution in [1.29, 1.82) is 0 Å². The zero-order valence-electron chi connectivity index (χ0n) is 17.1. The van der Waals surface area contributed by atoms with Crippen molar-refractivity contribution in [1.82, 2.24) is 9.55 Å². The number of rotatable bonds is 7. The number of hydrogen-bond acceptors (Lipinski definition) is 6. The van der Waals surface area contributed by atoms with Gasteiger partial charge in [0.25, 0.3) is 5.56 Å². The predicted octanol–water partition coefficient (Wildman–Crippen LogP) is 4.55. The maximum atomic E-state index is 13.1. The summed E-state index contributed by atoms with van der Waals surface area (Å²) in [7, 11) is 1.61. The van der Waals surface area contributed by atoms with Gasteiger partial charge in [-0.3, -0.25) is 14.2 Å². The van der Waals surface area contributed by atoms with Crippen LogP contribution in [0, 0.1) is 6.92 Å². The minimum absolute atomic E-state index is 0.107. The molecule has 4 rings (SSSR count). The maximum absolute atomic E-state index is 13.1. The molecule has 0 spiro atoms. The molecular formula is C23H21N3O3S2. The number of carbonyl (C=O) groups excluding carboxylic acids is 1. The fraction of sp³-hybridized carbons (Fsp3) is 0.174. The Balaban J connectivity index is 1.58. The van der Waals surface area contributed by atoms with Gasteiger partial charge in [0.1, 0.15) is 10.4 Å². The van der Waals surface area contributed by atoms with Gasteiger partial charge in [-0.1, -0.05) is 41.6 Å². The van der Waals surface area contributed by atoms with Crippen molar-refractivity contribution in [2.45, 2.75) is 18.6 Å². The van der Waals surface area contributed by atoms with E-state index >= 15 is 0 Å². The molecule has 0 aliphatic rings. The number of hydrogen-bond donors (Lipinski definition) is 1. The third-order valence-corrected chi connectivity index (χ3v) is 6.54. The Hall–Kier alpha value is -3.10. The van der Waals surface area contributed by atoms with Crippen LogP contribution < -0.4 is 15.6 Å². The number of aromatic nitrogens is 2. The molecule has 8 heteroatoms. The van der Waals surface area contributed by atoms with E-state index in [1.54, 1.807) is 11.7 Å². The third-order valence-electron chi connectivity index (χ3n) is 4.67. The highest BCUT2D eigenvalue weighted by Gasteiger charge is 2.15. The molecule has 0 bridgehead atoms. The van der Waals surface area contributed by atoms with E-state index in [0.717, 1.165) is 22.6 Å². The van der Waals surface area contributed by atoms with E-state index in [-0.39, 0.29) is 17.2 Å². The van der Waals surface area contributed by atoms with E-state index in [1.165, 1.54) is 23.1 Å². The number of benzene rings is 2. The van der Waals surface area contributed by atoms with E-state index in [4.69, 9.17) is 4.74 Å². The summed E-state index contributed by atoms with van der Waals surface area (Å²) in [6.45, 7) is 2.34. The van der Waals surface area contributed by atoms with Gasteiger partial charge in [0.05, 0.1) is 24.9 Å². The molecular weight excluding hydrogens is 430 g/mol. The number of thioether (sulfide) groups is 1. The number of thiophene rings is 1. The van der Waals surface area contributed by atoms with Crippen LogP contribution in [0.15, 0.2) is 69.9 Å². The highest BCUT2D eigenvalue weighted by Crippen LogP contribution is 2.23. The van der Waals surface area contributed by atoms with Crippen LogP contribution in [0.4, 0.5) is 5.69 Å². The largest absolute Gasteiger partial charge is 0.497 e. The molecule has 2 aromatic heterocycles. The van der Waals surface area contributed by atoms with Crippen molar-refractivity contribution < 1.29 is 9.53 Å². The third kappa shape index (κ3) is 4.98. The smallest absolute Gasteiger partial charge is 0.272 e. The quantitative estimate of drug-likeness (QED) is 0.330. The molecule has 1 N–H and O–H groups in total. The summed E-state index contributed by atoms with van der Waals surface area (Å²) in [5.74, 6) is 0.720. The number of aryl methyl sites for hydroxylation is 1. The molecule has 1 amide bonds. The second kappa shape index (κ2) is 9.36. The molecule has 0 aliphatic carbocycles. The molecule has 0 fully saturated rings. The lowest BCUT2D eigenvalue weighted by atomic mass is 10.2. The van der Waals surface area contributed by atoms with Crippen LogP contribution in [0.25, 0.3) is 10.2 Å². The number of ether oxygens (including phenoxy) is 1. The molecule has 0 atom stereocenters. The Morgan fingerprint density at radius 1 is 1.19 bits per heavy atom. The Kier molecular flexibility index (Phi) is 6.39. The van der Waals surface area contributed by atoms with Gasteiger partial charge in [-0.2, -0.15) is 0 Å². The van der Waals surface area contributed by atoms with E-state index < -0.39 is 0 Å². The van der Waals surface area contributed by atoms with Crippen LogP contribution in [0.1, 0.15) is 11.1 Å². The van der Waals surface area contributed by atoms with Crippen molar-refractivity contribution >= 4 is 44.9 Å². The molecule has 6 nitrogen and oxygen atoms in total. The van der Waals surface area contributed by atoms with Crippen LogP contribution in [0.3, 0.4) is 0 Å². The minimum atomic E-state index is -0.151. The van der Waals surface area contributed by atoms with Crippen molar-refractivity contribution in [3.8, 4) is 5.75 Å². The molecule has 0 saturated carbocycles. The lowest BCUT2D eigenvalue weighted by Crippen LogP contribution is -2.24. The lowest BCUT2D eigenvalue weighted by molar-refractivity contribution is -0.113. The Morgan fingerprint density at radius 2 is 2.00 bits per heavy atom. The molecule has 0 radical (unpaired) electrons. The zero-order valence-corrected chi connectivity index (χ0v) is 18.8. The summed E-state index contributed by atoms with van der Waals surface area (Å²) in [5, 5.41) is 5.25. The lowest BCUT2D eigenvalue weighted by Gasteiger charge is -2.13. The fourth-order valence-electron chi connectivity index (χ4n) is 3.09. The van der Waals surface area contributed by atoms with E-state index in [1.807, 2.05) is 66.9 Å². The van der Waals surface area contributed by atoms with E-state index in [2.05, 4.69) is 10.3 Å². The number of nitrogens with zero attached hydrogens (tertiary/aromatic N) is 2. The average Bonchev–Trinajstić information content (AvgIpc) is 3.25. The van der Waals surface area contributed by atoms with Crippen LogP contribution in [0.2, 0.25) is 0 Å². The second-order valence-electron chi connectivity index (χ2n) is 6.98. The summed E-state index contributed by atoms with van der Waals surface area (Å²) in [5.41, 5.74) is 3.33. The number of nitrogens with one attached hydrogen (secondary N) is 1. The monoisotopic (exact) mass is 451 g/mol. The first kappa shape index (κ1) is 21.1. The first-order valence-electron chi connectivity index (χ1n) is 9.64. The van der Waals surface area contributed by atoms with Crippen molar-refractivity contribution in [3.05, 3.63) is 81.5 Å².